The van der Waals surface area contributed by atoms with E-state index in [1.54, 1.807) is 35.1 Å². The van der Waals surface area contributed by atoms with Gasteiger partial charge in [0.2, 0.25) is 0 Å². The van der Waals surface area contributed by atoms with Crippen molar-refractivity contribution in [3.63, 3.8) is 0 Å². The minimum Gasteiger partial charge on any atom is -0.476 e. The van der Waals surface area contributed by atoms with Crippen LogP contribution in [0.4, 0.5) is 5.69 Å². The molecular formula is C14H12N4O2. The van der Waals surface area contributed by atoms with Crippen molar-refractivity contribution < 1.29 is 9.90 Å². The Morgan fingerprint density at radius 3 is 2.95 bits per heavy atom. The first kappa shape index (κ1) is 12.2. The van der Waals surface area contributed by atoms with E-state index in [2.05, 4.69) is 15.3 Å². The second-order valence-corrected chi connectivity index (χ2v) is 4.23. The van der Waals surface area contributed by atoms with Crippen LogP contribution in [0.5, 0.6) is 0 Å². The van der Waals surface area contributed by atoms with Crippen molar-refractivity contribution in [2.75, 3.05) is 5.32 Å². The van der Waals surface area contributed by atoms with E-state index in [1.165, 1.54) is 0 Å². The molecule has 0 saturated heterocycles. The zero-order valence-corrected chi connectivity index (χ0v) is 10.5. The Labute approximate surface area is 114 Å². The standard InChI is InChI=1S/C14H12N4O2/c19-14(20)13-11-5-1-2-7-18(11)12(17-13)9-16-10-4-3-6-15-8-10/h1-8,16H,9H2,(H,19,20). The Morgan fingerprint density at radius 2 is 2.20 bits per heavy atom. The first-order valence-electron chi connectivity index (χ1n) is 6.09. The van der Waals surface area contributed by atoms with Crippen molar-refractivity contribution in [3.05, 3.63) is 60.4 Å². The number of carboxylic acid groups (broad SMARTS) is 1. The van der Waals surface area contributed by atoms with Gasteiger partial charge in [-0.1, -0.05) is 6.07 Å². The van der Waals surface area contributed by atoms with Crippen LogP contribution in [-0.4, -0.2) is 25.4 Å². The number of aromatic nitrogens is 3. The Hall–Kier alpha value is -2.89. The minimum absolute atomic E-state index is 0.0635. The van der Waals surface area contributed by atoms with Gasteiger partial charge in [-0.15, -0.1) is 0 Å². The Bertz CT molecular complexity index is 752. The number of hydrogen-bond donors (Lipinski definition) is 2. The van der Waals surface area contributed by atoms with E-state index in [1.807, 2.05) is 18.2 Å². The van der Waals surface area contributed by atoms with Gasteiger partial charge in [0, 0.05) is 18.6 Å². The van der Waals surface area contributed by atoms with Gasteiger partial charge in [-0.25, -0.2) is 9.78 Å². The molecule has 0 fully saturated rings. The number of pyridine rings is 2. The van der Waals surface area contributed by atoms with Gasteiger partial charge in [0.25, 0.3) is 0 Å². The summed E-state index contributed by atoms with van der Waals surface area (Å²) in [5.41, 5.74) is 1.51. The molecule has 0 aliphatic rings. The molecule has 20 heavy (non-hydrogen) atoms. The van der Waals surface area contributed by atoms with E-state index in [0.717, 1.165) is 5.69 Å². The van der Waals surface area contributed by atoms with Crippen molar-refractivity contribution in [1.29, 1.82) is 0 Å². The second-order valence-electron chi connectivity index (χ2n) is 4.23. The maximum atomic E-state index is 11.2. The first-order chi connectivity index (χ1) is 9.75. The fourth-order valence-electron chi connectivity index (χ4n) is 2.03. The van der Waals surface area contributed by atoms with Gasteiger partial charge in [-0.2, -0.15) is 0 Å². The molecule has 0 bridgehead atoms. The number of hydrogen-bond acceptors (Lipinski definition) is 4. The third-order valence-corrected chi connectivity index (χ3v) is 2.94. The lowest BCUT2D eigenvalue weighted by atomic mass is 10.3. The molecule has 3 heterocycles. The molecule has 0 aromatic carbocycles. The third kappa shape index (κ3) is 2.18. The van der Waals surface area contributed by atoms with Crippen molar-refractivity contribution >= 4 is 17.2 Å². The van der Waals surface area contributed by atoms with Crippen molar-refractivity contribution in [2.24, 2.45) is 0 Å². The molecule has 0 unspecified atom stereocenters. The highest BCUT2D eigenvalue weighted by molar-refractivity contribution is 5.93. The summed E-state index contributed by atoms with van der Waals surface area (Å²) in [4.78, 5) is 19.4. The SMILES string of the molecule is O=C(O)c1nc(CNc2cccnc2)n2ccccc12. The highest BCUT2D eigenvalue weighted by Gasteiger charge is 2.15. The fourth-order valence-corrected chi connectivity index (χ4v) is 2.03. The molecule has 0 spiro atoms. The van der Waals surface area contributed by atoms with Crippen LogP contribution in [0.1, 0.15) is 16.3 Å². The molecule has 0 aliphatic heterocycles. The number of carbonyl (C=O) groups is 1. The smallest absolute Gasteiger partial charge is 0.356 e. The minimum atomic E-state index is -1.03. The van der Waals surface area contributed by atoms with Gasteiger partial charge < -0.3 is 14.8 Å². The summed E-state index contributed by atoms with van der Waals surface area (Å²) in [5.74, 6) is -0.386. The lowest BCUT2D eigenvalue weighted by Gasteiger charge is -2.04. The number of nitrogens with zero attached hydrogens (tertiary/aromatic N) is 3. The van der Waals surface area contributed by atoms with Crippen LogP contribution in [0.25, 0.3) is 5.52 Å². The number of imidazole rings is 1. The van der Waals surface area contributed by atoms with Gasteiger partial charge in [-0.3, -0.25) is 4.98 Å². The zero-order chi connectivity index (χ0) is 13.9. The number of nitrogens with one attached hydrogen (secondary N) is 1. The molecule has 0 amide bonds. The number of carboxylic acids is 1. The molecule has 3 aromatic rings. The summed E-state index contributed by atoms with van der Waals surface area (Å²) in [6.07, 6.45) is 5.20. The topological polar surface area (TPSA) is 79.5 Å². The highest BCUT2D eigenvalue weighted by Crippen LogP contribution is 2.14. The molecule has 6 heteroatoms. The van der Waals surface area contributed by atoms with E-state index in [4.69, 9.17) is 0 Å². The number of rotatable bonds is 4. The van der Waals surface area contributed by atoms with E-state index >= 15 is 0 Å². The monoisotopic (exact) mass is 268 g/mol. The maximum Gasteiger partial charge on any atom is 0.356 e. The van der Waals surface area contributed by atoms with Gasteiger partial charge in [-0.05, 0) is 24.3 Å². The molecule has 0 aliphatic carbocycles. The lowest BCUT2D eigenvalue weighted by Crippen LogP contribution is -2.04. The van der Waals surface area contributed by atoms with Gasteiger partial charge >= 0.3 is 5.97 Å². The van der Waals surface area contributed by atoms with Crippen LogP contribution < -0.4 is 5.32 Å². The lowest BCUT2D eigenvalue weighted by molar-refractivity contribution is 0.0693. The summed E-state index contributed by atoms with van der Waals surface area (Å²) >= 11 is 0. The molecule has 3 rings (SSSR count). The van der Waals surface area contributed by atoms with Crippen molar-refractivity contribution in [1.82, 2.24) is 14.4 Å². The van der Waals surface area contributed by atoms with Gasteiger partial charge in [0.1, 0.15) is 5.82 Å². The third-order valence-electron chi connectivity index (χ3n) is 2.94. The molecule has 100 valence electrons. The van der Waals surface area contributed by atoms with Gasteiger partial charge in [0.05, 0.1) is 17.7 Å². The Balaban J connectivity index is 1.94. The summed E-state index contributed by atoms with van der Waals surface area (Å²) in [6, 6.07) is 9.09. The molecule has 0 radical (unpaired) electrons. The predicted octanol–water partition coefficient (Wildman–Crippen LogP) is 2.04. The second kappa shape index (κ2) is 5.00. The Kier molecular flexibility index (Phi) is 3.04. The molecular weight excluding hydrogens is 256 g/mol. The van der Waals surface area contributed by atoms with E-state index in [0.29, 0.717) is 17.9 Å². The van der Waals surface area contributed by atoms with Crippen molar-refractivity contribution in [3.8, 4) is 0 Å². The first-order valence-corrected chi connectivity index (χ1v) is 6.09. The Morgan fingerprint density at radius 1 is 1.30 bits per heavy atom. The summed E-state index contributed by atoms with van der Waals surface area (Å²) < 4.78 is 1.77. The van der Waals surface area contributed by atoms with E-state index < -0.39 is 5.97 Å². The normalized spacial score (nSPS) is 10.6. The van der Waals surface area contributed by atoms with Crippen LogP contribution in [0.15, 0.2) is 48.9 Å². The largest absolute Gasteiger partial charge is 0.476 e. The average Bonchev–Trinajstić information content (AvgIpc) is 2.85. The number of anilines is 1. The summed E-state index contributed by atoms with van der Waals surface area (Å²) in [5, 5.41) is 12.3. The maximum absolute atomic E-state index is 11.2. The summed E-state index contributed by atoms with van der Waals surface area (Å²) in [6.45, 7) is 0.421. The molecule has 0 saturated carbocycles. The van der Waals surface area contributed by atoms with E-state index in [-0.39, 0.29) is 5.69 Å². The summed E-state index contributed by atoms with van der Waals surface area (Å²) in [7, 11) is 0. The number of fused-ring (bicyclic) bond motifs is 1. The fraction of sp³-hybridized carbons (Fsp3) is 0.0714. The van der Waals surface area contributed by atoms with Crippen LogP contribution >= 0.6 is 0 Å². The van der Waals surface area contributed by atoms with Crippen LogP contribution in [0.3, 0.4) is 0 Å². The zero-order valence-electron chi connectivity index (χ0n) is 10.5. The van der Waals surface area contributed by atoms with Crippen LogP contribution in [-0.2, 0) is 6.54 Å². The number of aromatic carboxylic acids is 1. The van der Waals surface area contributed by atoms with Crippen LogP contribution in [0.2, 0.25) is 0 Å². The molecule has 0 atom stereocenters. The highest BCUT2D eigenvalue weighted by atomic mass is 16.4. The quantitative estimate of drug-likeness (QED) is 0.757. The van der Waals surface area contributed by atoms with E-state index in [9.17, 15) is 9.90 Å². The molecule has 6 nitrogen and oxygen atoms in total. The average molecular weight is 268 g/mol. The van der Waals surface area contributed by atoms with Crippen molar-refractivity contribution in [2.45, 2.75) is 6.54 Å². The molecule has 2 N–H and O–H groups in total. The van der Waals surface area contributed by atoms with Gasteiger partial charge in [0.15, 0.2) is 5.69 Å². The molecule has 3 aromatic heterocycles. The predicted molar refractivity (Wildman–Crippen MR) is 73.7 cm³/mol. The van der Waals surface area contributed by atoms with Crippen LogP contribution in [0, 0.1) is 0 Å².